The number of rotatable bonds is 8. The van der Waals surface area contributed by atoms with Gasteiger partial charge in [-0.25, -0.2) is 0 Å². The van der Waals surface area contributed by atoms with Crippen LogP contribution in [0.25, 0.3) is 0 Å². The summed E-state index contributed by atoms with van der Waals surface area (Å²) >= 11 is 0. The number of nitrogens with one attached hydrogen (secondary N) is 2. The van der Waals surface area contributed by atoms with E-state index in [1.807, 2.05) is 0 Å². The molecule has 1 amide bonds. The average Bonchev–Trinajstić information content (AvgIpc) is 2.60. The van der Waals surface area contributed by atoms with Gasteiger partial charge in [0, 0.05) is 6.07 Å². The molecule has 0 saturated carbocycles. The minimum Gasteiger partial charge on any atom is -0.497 e. The first kappa shape index (κ1) is 17.3. The largest absolute Gasteiger partial charge is 0.497 e. The van der Waals surface area contributed by atoms with Gasteiger partial charge in [0.2, 0.25) is 5.91 Å². The Labute approximate surface area is 138 Å². The Hall–Kier alpha value is -2.01. The molecular formula is C18H26N2O3. The topological polar surface area (TPSA) is 59.6 Å². The number of methoxy groups -OCH3 is 2. The zero-order valence-corrected chi connectivity index (χ0v) is 14.0. The van der Waals surface area contributed by atoms with E-state index in [0.717, 1.165) is 13.0 Å². The second kappa shape index (κ2) is 9.20. The predicted molar refractivity (Wildman–Crippen MR) is 92.2 cm³/mol. The first-order chi connectivity index (χ1) is 11.2. The van der Waals surface area contributed by atoms with Crippen LogP contribution in [0.2, 0.25) is 0 Å². The van der Waals surface area contributed by atoms with Gasteiger partial charge >= 0.3 is 0 Å². The number of hydrogen-bond donors (Lipinski definition) is 2. The molecule has 0 atom stereocenters. The summed E-state index contributed by atoms with van der Waals surface area (Å²) in [5.41, 5.74) is 2.16. The van der Waals surface area contributed by atoms with Crippen molar-refractivity contribution in [1.82, 2.24) is 5.32 Å². The fourth-order valence-corrected chi connectivity index (χ4v) is 2.68. The molecule has 0 bridgehead atoms. The summed E-state index contributed by atoms with van der Waals surface area (Å²) in [7, 11) is 3.17. The fourth-order valence-electron chi connectivity index (χ4n) is 2.68. The minimum absolute atomic E-state index is 0.0777. The lowest BCUT2D eigenvalue weighted by Crippen LogP contribution is -2.29. The normalized spacial score (nSPS) is 14.1. The van der Waals surface area contributed by atoms with Crippen molar-refractivity contribution < 1.29 is 14.3 Å². The van der Waals surface area contributed by atoms with Crippen molar-refractivity contribution >= 4 is 11.6 Å². The van der Waals surface area contributed by atoms with E-state index in [1.165, 1.54) is 31.3 Å². The zero-order valence-electron chi connectivity index (χ0n) is 14.0. The molecule has 5 heteroatoms. The van der Waals surface area contributed by atoms with E-state index >= 15 is 0 Å². The molecule has 5 nitrogen and oxygen atoms in total. The van der Waals surface area contributed by atoms with Crippen molar-refractivity contribution in [1.29, 1.82) is 0 Å². The Balaban J connectivity index is 1.75. The fraction of sp³-hybridized carbons (Fsp3) is 0.500. The molecule has 0 fully saturated rings. The number of amides is 1. The molecule has 0 radical (unpaired) electrons. The molecule has 0 unspecified atom stereocenters. The van der Waals surface area contributed by atoms with E-state index < -0.39 is 0 Å². The molecule has 0 heterocycles. The maximum atomic E-state index is 12.0. The van der Waals surface area contributed by atoms with Gasteiger partial charge in [-0.15, -0.1) is 0 Å². The third-order valence-corrected chi connectivity index (χ3v) is 3.98. The molecule has 1 aliphatic rings. The maximum Gasteiger partial charge on any atom is 0.238 e. The van der Waals surface area contributed by atoms with Gasteiger partial charge in [0.25, 0.3) is 0 Å². The molecule has 2 rings (SSSR count). The SMILES string of the molecule is COc1ccc(NC(=O)CNCCC2=CCCCC2)c(OC)c1. The number of allylic oxidation sites excluding steroid dienone is 1. The molecule has 23 heavy (non-hydrogen) atoms. The number of hydrogen-bond acceptors (Lipinski definition) is 4. The van der Waals surface area contributed by atoms with Gasteiger partial charge in [0.05, 0.1) is 26.5 Å². The van der Waals surface area contributed by atoms with Crippen LogP contribution in [-0.2, 0) is 4.79 Å². The van der Waals surface area contributed by atoms with Crippen LogP contribution in [0.5, 0.6) is 11.5 Å². The van der Waals surface area contributed by atoms with E-state index in [2.05, 4.69) is 16.7 Å². The molecule has 0 aromatic heterocycles. The zero-order chi connectivity index (χ0) is 16.5. The molecule has 0 aliphatic heterocycles. The van der Waals surface area contributed by atoms with E-state index in [9.17, 15) is 4.79 Å². The summed E-state index contributed by atoms with van der Waals surface area (Å²) in [6.45, 7) is 1.13. The molecule has 1 aromatic carbocycles. The van der Waals surface area contributed by atoms with Crippen LogP contribution in [0.15, 0.2) is 29.8 Å². The van der Waals surface area contributed by atoms with Crippen molar-refractivity contribution in [2.45, 2.75) is 32.1 Å². The third kappa shape index (κ3) is 5.60. The van der Waals surface area contributed by atoms with Crippen molar-refractivity contribution in [2.24, 2.45) is 0 Å². The number of carbonyl (C=O) groups is 1. The monoisotopic (exact) mass is 318 g/mol. The number of ether oxygens (including phenoxy) is 2. The third-order valence-electron chi connectivity index (χ3n) is 3.98. The molecule has 126 valence electrons. The van der Waals surface area contributed by atoms with E-state index in [4.69, 9.17) is 9.47 Å². The van der Waals surface area contributed by atoms with Crippen LogP contribution in [-0.4, -0.2) is 33.2 Å². The van der Waals surface area contributed by atoms with Gasteiger partial charge < -0.3 is 20.1 Å². The van der Waals surface area contributed by atoms with Gasteiger partial charge in [-0.2, -0.15) is 0 Å². The van der Waals surface area contributed by atoms with Crippen LogP contribution < -0.4 is 20.1 Å². The quantitative estimate of drug-likeness (QED) is 0.571. The summed E-state index contributed by atoms with van der Waals surface area (Å²) < 4.78 is 10.4. The first-order valence-electron chi connectivity index (χ1n) is 8.13. The van der Waals surface area contributed by atoms with Gasteiger partial charge in [-0.1, -0.05) is 11.6 Å². The molecule has 1 aromatic rings. The standard InChI is InChI=1S/C18H26N2O3/c1-22-15-8-9-16(17(12-15)23-2)20-18(21)13-19-11-10-14-6-4-3-5-7-14/h6,8-9,12,19H,3-5,7,10-11,13H2,1-2H3,(H,20,21). The summed E-state index contributed by atoms with van der Waals surface area (Å²) in [6.07, 6.45) is 8.38. The van der Waals surface area contributed by atoms with E-state index in [1.54, 1.807) is 32.4 Å². The van der Waals surface area contributed by atoms with Crippen molar-refractivity contribution in [3.8, 4) is 11.5 Å². The first-order valence-corrected chi connectivity index (χ1v) is 8.13. The Kier molecular flexibility index (Phi) is 6.94. The summed E-state index contributed by atoms with van der Waals surface area (Å²) in [4.78, 5) is 12.0. The minimum atomic E-state index is -0.0777. The van der Waals surface area contributed by atoms with Crippen LogP contribution >= 0.6 is 0 Å². The highest BCUT2D eigenvalue weighted by Crippen LogP contribution is 2.28. The number of anilines is 1. The highest BCUT2D eigenvalue weighted by atomic mass is 16.5. The smallest absolute Gasteiger partial charge is 0.238 e. The highest BCUT2D eigenvalue weighted by Gasteiger charge is 2.09. The molecule has 2 N–H and O–H groups in total. The van der Waals surface area contributed by atoms with Crippen molar-refractivity contribution in [2.75, 3.05) is 32.6 Å². The lowest BCUT2D eigenvalue weighted by Gasteiger charge is -2.14. The van der Waals surface area contributed by atoms with Crippen LogP contribution in [0.4, 0.5) is 5.69 Å². The molecule has 0 spiro atoms. The van der Waals surface area contributed by atoms with Gasteiger partial charge in [0.15, 0.2) is 0 Å². The van der Waals surface area contributed by atoms with E-state index in [0.29, 0.717) is 23.7 Å². The van der Waals surface area contributed by atoms with Gasteiger partial charge in [-0.05, 0) is 50.8 Å². The number of carbonyl (C=O) groups excluding carboxylic acids is 1. The van der Waals surface area contributed by atoms with Gasteiger partial charge in [-0.3, -0.25) is 4.79 Å². The highest BCUT2D eigenvalue weighted by molar-refractivity contribution is 5.93. The molecule has 1 aliphatic carbocycles. The second-order valence-corrected chi connectivity index (χ2v) is 5.65. The Morgan fingerprint density at radius 3 is 2.78 bits per heavy atom. The lowest BCUT2D eigenvalue weighted by molar-refractivity contribution is -0.115. The lowest BCUT2D eigenvalue weighted by atomic mass is 9.97. The number of benzene rings is 1. The second-order valence-electron chi connectivity index (χ2n) is 5.65. The van der Waals surface area contributed by atoms with Gasteiger partial charge in [0.1, 0.15) is 11.5 Å². The predicted octanol–water partition coefficient (Wildman–Crippen LogP) is 3.12. The Bertz CT molecular complexity index is 555. The Morgan fingerprint density at radius 2 is 2.09 bits per heavy atom. The van der Waals surface area contributed by atoms with Crippen molar-refractivity contribution in [3.05, 3.63) is 29.8 Å². The average molecular weight is 318 g/mol. The molecule has 0 saturated heterocycles. The van der Waals surface area contributed by atoms with E-state index in [-0.39, 0.29) is 5.91 Å². The van der Waals surface area contributed by atoms with Crippen molar-refractivity contribution in [3.63, 3.8) is 0 Å². The van der Waals surface area contributed by atoms with Crippen LogP contribution in [0.3, 0.4) is 0 Å². The summed E-state index contributed by atoms with van der Waals surface area (Å²) in [5, 5.41) is 6.05. The molecular weight excluding hydrogens is 292 g/mol. The maximum absolute atomic E-state index is 12.0. The van der Waals surface area contributed by atoms with Crippen LogP contribution in [0, 0.1) is 0 Å². The van der Waals surface area contributed by atoms with Crippen LogP contribution in [0.1, 0.15) is 32.1 Å². The summed E-state index contributed by atoms with van der Waals surface area (Å²) in [6, 6.07) is 5.32. The Morgan fingerprint density at radius 1 is 1.22 bits per heavy atom. The summed E-state index contributed by atoms with van der Waals surface area (Å²) in [5.74, 6) is 1.20.